The number of carbonyl (C=O) groups is 1. The molecule has 0 radical (unpaired) electrons. The summed E-state index contributed by atoms with van der Waals surface area (Å²) in [5.74, 6) is -0.564. The number of hydrogen-bond donors (Lipinski definition) is 4. The summed E-state index contributed by atoms with van der Waals surface area (Å²) < 4.78 is 35.2. The van der Waals surface area contributed by atoms with Crippen LogP contribution in [0, 0.1) is 23.5 Å². The number of halogens is 3. The highest BCUT2D eigenvalue weighted by atomic mass is 35.5. The van der Waals surface area contributed by atoms with E-state index in [1.165, 1.54) is 0 Å². The fourth-order valence-corrected chi connectivity index (χ4v) is 5.54. The lowest BCUT2D eigenvalue weighted by Crippen LogP contribution is -2.48. The molecule has 2 saturated heterocycles. The van der Waals surface area contributed by atoms with Gasteiger partial charge in [-0.1, -0.05) is 11.6 Å². The molecule has 0 saturated carbocycles. The summed E-state index contributed by atoms with van der Waals surface area (Å²) in [6.45, 7) is 2.28. The number of ether oxygens (including phenoxy) is 1. The maximum absolute atomic E-state index is 14.8. The minimum atomic E-state index is -1.60. The van der Waals surface area contributed by atoms with Crippen LogP contribution in [0.1, 0.15) is 37.7 Å². The highest BCUT2D eigenvalue weighted by molar-refractivity contribution is 6.30. The Kier molecular flexibility index (Phi) is 11.7. The third kappa shape index (κ3) is 8.93. The quantitative estimate of drug-likeness (QED) is 0.237. The smallest absolute Gasteiger partial charge is 0.227 e. The number of anilines is 1. The van der Waals surface area contributed by atoms with Crippen molar-refractivity contribution < 1.29 is 33.6 Å². The zero-order valence-corrected chi connectivity index (χ0v) is 24.4. The molecule has 10 nitrogen and oxygen atoms in total. The largest absolute Gasteiger partial charge is 0.493 e. The van der Waals surface area contributed by atoms with E-state index in [4.69, 9.17) is 26.6 Å². The lowest BCUT2D eigenvalue weighted by molar-refractivity contribution is -0.129. The molecule has 2 aliphatic rings. The summed E-state index contributed by atoms with van der Waals surface area (Å²) >= 11 is 5.86. The number of aliphatic hydroxyl groups excluding tert-OH is 2. The fraction of sp³-hybridized carbons (Fsp3) is 0.621. The van der Waals surface area contributed by atoms with E-state index < -0.39 is 30.4 Å². The number of carbonyl (C=O) groups excluding carboxylic acids is 1. The highest BCUT2D eigenvalue weighted by Crippen LogP contribution is 2.26. The first-order valence-electron chi connectivity index (χ1n) is 14.5. The molecule has 0 aliphatic carbocycles. The van der Waals surface area contributed by atoms with Gasteiger partial charge < -0.3 is 35.2 Å². The van der Waals surface area contributed by atoms with E-state index in [0.717, 1.165) is 50.9 Å². The Labute approximate surface area is 249 Å². The number of nitrogens with one attached hydrogen (secondary N) is 1. The van der Waals surface area contributed by atoms with Crippen molar-refractivity contribution in [1.82, 2.24) is 20.2 Å². The SMILES string of the molecule is O=C(Cc1c(F)cc(OCCCC2CCN(c3ncc(Cl)cn3)CC2)cc1F)N1CC[C@@H](CNCC(O)(CO)CO)C1. The van der Waals surface area contributed by atoms with Crippen molar-refractivity contribution in [2.45, 2.75) is 44.1 Å². The van der Waals surface area contributed by atoms with Gasteiger partial charge in [0.05, 0.1) is 43.7 Å². The fourth-order valence-electron chi connectivity index (χ4n) is 5.44. The van der Waals surface area contributed by atoms with Gasteiger partial charge in [-0.25, -0.2) is 18.7 Å². The standard InChI is InChI=1S/C29H40ClF2N5O5/c30-22-14-34-28(35-15-22)36-6-3-20(4-7-36)2-1-9-42-23-10-25(31)24(26(32)11-23)12-27(40)37-8-5-21(16-37)13-33-17-29(41,18-38)19-39/h10-11,14-15,20-21,33,38-39,41H,1-9,12-13,16-19H2/t21-/m0/s1. The second-order valence-electron chi connectivity index (χ2n) is 11.3. The number of nitrogens with zero attached hydrogens (tertiary/aromatic N) is 4. The molecule has 1 aromatic heterocycles. The first-order chi connectivity index (χ1) is 20.2. The number of benzene rings is 1. The lowest BCUT2D eigenvalue weighted by atomic mass is 9.92. The first-order valence-corrected chi connectivity index (χ1v) is 14.8. The van der Waals surface area contributed by atoms with Gasteiger partial charge in [-0.2, -0.15) is 0 Å². The average molecular weight is 612 g/mol. The summed E-state index contributed by atoms with van der Waals surface area (Å²) in [4.78, 5) is 25.0. The maximum Gasteiger partial charge on any atom is 0.227 e. The van der Waals surface area contributed by atoms with Crippen LogP contribution in [0.4, 0.5) is 14.7 Å². The number of rotatable bonds is 14. The molecule has 0 bridgehead atoms. The summed E-state index contributed by atoms with van der Waals surface area (Å²) in [6.07, 6.45) is 7.22. The Morgan fingerprint density at radius 2 is 1.71 bits per heavy atom. The van der Waals surface area contributed by atoms with Crippen LogP contribution < -0.4 is 15.0 Å². The minimum Gasteiger partial charge on any atom is -0.493 e. The second kappa shape index (κ2) is 15.2. The molecular weight excluding hydrogens is 572 g/mol. The van der Waals surface area contributed by atoms with Crippen molar-refractivity contribution >= 4 is 23.5 Å². The van der Waals surface area contributed by atoms with Gasteiger partial charge in [-0.05, 0) is 50.5 Å². The van der Waals surface area contributed by atoms with Gasteiger partial charge >= 0.3 is 0 Å². The van der Waals surface area contributed by atoms with Crippen LogP contribution in [-0.4, -0.2) is 101 Å². The van der Waals surface area contributed by atoms with Crippen molar-refractivity contribution in [2.24, 2.45) is 11.8 Å². The maximum atomic E-state index is 14.8. The molecule has 1 amide bonds. The van der Waals surface area contributed by atoms with Crippen LogP contribution in [-0.2, 0) is 11.2 Å². The molecule has 2 fully saturated rings. The summed E-state index contributed by atoms with van der Waals surface area (Å²) in [5.41, 5.74) is -1.88. The van der Waals surface area contributed by atoms with E-state index in [2.05, 4.69) is 20.2 Å². The van der Waals surface area contributed by atoms with E-state index in [1.54, 1.807) is 17.3 Å². The first kappa shape index (κ1) is 32.3. The minimum absolute atomic E-state index is 0.00950. The van der Waals surface area contributed by atoms with Crippen LogP contribution >= 0.6 is 11.6 Å². The molecule has 1 atom stereocenters. The van der Waals surface area contributed by atoms with Gasteiger partial charge in [0.15, 0.2) is 0 Å². The van der Waals surface area contributed by atoms with Crippen molar-refractivity contribution in [3.8, 4) is 5.75 Å². The van der Waals surface area contributed by atoms with E-state index >= 15 is 0 Å². The topological polar surface area (TPSA) is 131 Å². The van der Waals surface area contributed by atoms with Gasteiger partial charge in [-0.3, -0.25) is 4.79 Å². The Morgan fingerprint density at radius 1 is 1.07 bits per heavy atom. The summed E-state index contributed by atoms with van der Waals surface area (Å²) in [7, 11) is 0. The summed E-state index contributed by atoms with van der Waals surface area (Å²) in [5, 5.41) is 31.8. The highest BCUT2D eigenvalue weighted by Gasteiger charge is 2.29. The predicted octanol–water partition coefficient (Wildman–Crippen LogP) is 2.18. The summed E-state index contributed by atoms with van der Waals surface area (Å²) in [6, 6.07) is 2.27. The van der Waals surface area contributed by atoms with Crippen molar-refractivity contribution in [2.75, 3.05) is 64.0 Å². The van der Waals surface area contributed by atoms with E-state index in [-0.39, 0.29) is 36.1 Å². The van der Waals surface area contributed by atoms with E-state index in [1.807, 2.05) is 0 Å². The number of piperidine rings is 1. The third-order valence-corrected chi connectivity index (χ3v) is 8.28. The van der Waals surface area contributed by atoms with Crippen LogP contribution in [0.15, 0.2) is 24.5 Å². The predicted molar refractivity (Wildman–Crippen MR) is 153 cm³/mol. The second-order valence-corrected chi connectivity index (χ2v) is 11.8. The van der Waals surface area contributed by atoms with E-state index in [0.29, 0.717) is 49.6 Å². The molecule has 232 valence electrons. The molecule has 3 heterocycles. The average Bonchev–Trinajstić information content (AvgIpc) is 3.47. The Balaban J connectivity index is 1.16. The molecule has 1 aromatic carbocycles. The third-order valence-electron chi connectivity index (χ3n) is 8.09. The van der Waals surface area contributed by atoms with Gasteiger partial charge in [0.25, 0.3) is 0 Å². The molecule has 4 rings (SSSR count). The Morgan fingerprint density at radius 3 is 2.36 bits per heavy atom. The van der Waals surface area contributed by atoms with Gasteiger partial charge in [0.2, 0.25) is 11.9 Å². The molecule has 2 aliphatic heterocycles. The molecule has 13 heteroatoms. The van der Waals surface area contributed by atoms with Crippen molar-refractivity contribution in [3.05, 3.63) is 46.7 Å². The Bertz CT molecular complexity index is 1140. The molecule has 42 heavy (non-hydrogen) atoms. The number of likely N-dealkylation sites (tertiary alicyclic amines) is 1. The zero-order chi connectivity index (χ0) is 30.1. The van der Waals surface area contributed by atoms with Gasteiger partial charge in [0.1, 0.15) is 23.0 Å². The van der Waals surface area contributed by atoms with Crippen LogP contribution in [0.2, 0.25) is 5.02 Å². The monoisotopic (exact) mass is 611 g/mol. The normalized spacial score (nSPS) is 18.1. The lowest BCUT2D eigenvalue weighted by Gasteiger charge is -2.31. The number of hydrogen-bond acceptors (Lipinski definition) is 9. The van der Waals surface area contributed by atoms with Gasteiger partial charge in [-0.15, -0.1) is 0 Å². The van der Waals surface area contributed by atoms with Gasteiger partial charge in [0, 0.05) is 50.4 Å². The van der Waals surface area contributed by atoms with Crippen LogP contribution in [0.5, 0.6) is 5.75 Å². The van der Waals surface area contributed by atoms with Crippen LogP contribution in [0.3, 0.4) is 0 Å². The Hall–Kier alpha value is -2.64. The van der Waals surface area contributed by atoms with Crippen molar-refractivity contribution in [1.29, 1.82) is 0 Å². The van der Waals surface area contributed by atoms with Crippen LogP contribution in [0.25, 0.3) is 0 Å². The molecule has 4 N–H and O–H groups in total. The zero-order valence-electron chi connectivity index (χ0n) is 23.7. The molecular formula is C29H40ClF2N5O5. The molecule has 0 spiro atoms. The molecule has 0 unspecified atom stereocenters. The van der Waals surface area contributed by atoms with Crippen molar-refractivity contribution in [3.63, 3.8) is 0 Å². The van der Waals surface area contributed by atoms with E-state index in [9.17, 15) is 18.7 Å². The number of aliphatic hydroxyl groups is 3. The molecule has 2 aromatic rings. The number of amides is 1. The number of aromatic nitrogens is 2.